The quantitative estimate of drug-likeness (QED) is 0.358. The fourth-order valence-electron chi connectivity index (χ4n) is 7.55. The molecule has 1 aromatic carbocycles. The Bertz CT molecular complexity index is 625. The summed E-state index contributed by atoms with van der Waals surface area (Å²) in [4.78, 5) is 0. The molecule has 3 aliphatic rings. The van der Waals surface area contributed by atoms with Gasteiger partial charge in [-0.2, -0.15) is 0 Å². The molecule has 0 amide bonds. The van der Waals surface area contributed by atoms with Gasteiger partial charge in [0.1, 0.15) is 0 Å². The molecule has 0 bridgehead atoms. The zero-order valence-corrected chi connectivity index (χ0v) is 20.9. The maximum atomic E-state index is 12.6. The minimum atomic E-state index is -0.103. The van der Waals surface area contributed by atoms with E-state index < -0.39 is 0 Å². The van der Waals surface area contributed by atoms with Gasteiger partial charge in [0.2, 0.25) is 0 Å². The van der Waals surface area contributed by atoms with E-state index in [1.165, 1.54) is 108 Å². The van der Waals surface area contributed by atoms with Crippen LogP contribution in [-0.2, 0) is 6.42 Å². The molecular weight excluding hydrogens is 391 g/mol. The number of aryl methyl sites for hydroxylation is 1. The van der Waals surface area contributed by atoms with Crippen molar-refractivity contribution in [2.75, 3.05) is 6.67 Å². The minimum absolute atomic E-state index is 0.103. The van der Waals surface area contributed by atoms with E-state index in [1.807, 2.05) is 0 Å². The average molecular weight is 441 g/mol. The van der Waals surface area contributed by atoms with Gasteiger partial charge in [-0.3, -0.25) is 4.39 Å². The van der Waals surface area contributed by atoms with Crippen LogP contribution >= 0.6 is 0 Å². The Hall–Kier alpha value is -0.850. The van der Waals surface area contributed by atoms with Crippen LogP contribution in [-0.4, -0.2) is 6.67 Å². The smallest absolute Gasteiger partial charge is 0.0897 e. The summed E-state index contributed by atoms with van der Waals surface area (Å²) < 4.78 is 12.6. The molecule has 0 aliphatic heterocycles. The summed E-state index contributed by atoms with van der Waals surface area (Å²) in [5.74, 6) is 5.49. The van der Waals surface area contributed by atoms with Crippen LogP contribution in [0, 0.1) is 29.6 Å². The molecule has 0 unspecified atom stereocenters. The van der Waals surface area contributed by atoms with Gasteiger partial charge in [0, 0.05) is 0 Å². The first-order valence-corrected chi connectivity index (χ1v) is 14.4. The first kappa shape index (κ1) is 24.3. The predicted molar refractivity (Wildman–Crippen MR) is 136 cm³/mol. The second-order valence-corrected chi connectivity index (χ2v) is 11.8. The molecule has 4 rings (SSSR count). The zero-order valence-electron chi connectivity index (χ0n) is 20.9. The SMILES string of the molecule is CCCc1ccc([C@H]2CC[C@H](CCC3CCC([C@H]4CC[C@H](CCF)CC4)CC3)CC2)cc1. The van der Waals surface area contributed by atoms with Gasteiger partial charge in [0.05, 0.1) is 6.67 Å². The average Bonchev–Trinajstić information content (AvgIpc) is 2.85. The Balaban J connectivity index is 1.11. The van der Waals surface area contributed by atoms with Crippen LogP contribution in [0.2, 0.25) is 0 Å². The lowest BCUT2D eigenvalue weighted by Crippen LogP contribution is -2.26. The van der Waals surface area contributed by atoms with Gasteiger partial charge in [-0.1, -0.05) is 76.1 Å². The van der Waals surface area contributed by atoms with Crippen molar-refractivity contribution >= 4 is 0 Å². The molecule has 0 aromatic heterocycles. The summed E-state index contributed by atoms with van der Waals surface area (Å²) in [6.45, 7) is 2.16. The second-order valence-electron chi connectivity index (χ2n) is 11.8. The molecule has 1 aromatic rings. The topological polar surface area (TPSA) is 0 Å². The van der Waals surface area contributed by atoms with E-state index >= 15 is 0 Å². The molecule has 3 fully saturated rings. The predicted octanol–water partition coefficient (Wildman–Crippen LogP) is 9.67. The van der Waals surface area contributed by atoms with Crippen LogP contribution in [0.4, 0.5) is 4.39 Å². The molecule has 0 heterocycles. The fraction of sp³-hybridized carbons (Fsp3) is 0.806. The first-order valence-electron chi connectivity index (χ1n) is 14.4. The lowest BCUT2D eigenvalue weighted by Gasteiger charge is -2.38. The van der Waals surface area contributed by atoms with Crippen molar-refractivity contribution in [2.24, 2.45) is 29.6 Å². The Morgan fingerprint density at radius 1 is 0.625 bits per heavy atom. The van der Waals surface area contributed by atoms with Gasteiger partial charge < -0.3 is 0 Å². The summed E-state index contributed by atoms with van der Waals surface area (Å²) in [6.07, 6.45) is 23.4. The number of alkyl halides is 1. The largest absolute Gasteiger partial charge is 0.251 e. The maximum Gasteiger partial charge on any atom is 0.0897 e. The van der Waals surface area contributed by atoms with E-state index in [-0.39, 0.29) is 6.67 Å². The van der Waals surface area contributed by atoms with Gasteiger partial charge >= 0.3 is 0 Å². The van der Waals surface area contributed by atoms with E-state index in [4.69, 9.17) is 0 Å². The van der Waals surface area contributed by atoms with Gasteiger partial charge in [-0.25, -0.2) is 0 Å². The number of hydrogen-bond donors (Lipinski definition) is 0. The summed E-state index contributed by atoms with van der Waals surface area (Å²) in [5.41, 5.74) is 3.10. The lowest BCUT2D eigenvalue weighted by atomic mass is 9.68. The molecule has 0 atom stereocenters. The molecule has 32 heavy (non-hydrogen) atoms. The maximum absolute atomic E-state index is 12.6. The summed E-state index contributed by atoms with van der Waals surface area (Å²) in [5, 5.41) is 0. The van der Waals surface area contributed by atoms with Crippen LogP contribution in [0.3, 0.4) is 0 Å². The van der Waals surface area contributed by atoms with Crippen molar-refractivity contribution in [3.63, 3.8) is 0 Å². The van der Waals surface area contributed by atoms with Gasteiger partial charge in [0.25, 0.3) is 0 Å². The molecule has 180 valence electrons. The molecule has 3 saturated carbocycles. The van der Waals surface area contributed by atoms with Crippen molar-refractivity contribution in [1.29, 1.82) is 0 Å². The van der Waals surface area contributed by atoms with Crippen LogP contribution in [0.1, 0.15) is 127 Å². The van der Waals surface area contributed by atoms with Crippen molar-refractivity contribution in [1.82, 2.24) is 0 Å². The van der Waals surface area contributed by atoms with E-state index in [2.05, 4.69) is 31.2 Å². The highest BCUT2D eigenvalue weighted by atomic mass is 19.1. The third kappa shape index (κ3) is 6.83. The molecule has 0 spiro atoms. The highest BCUT2D eigenvalue weighted by molar-refractivity contribution is 5.25. The Morgan fingerprint density at radius 3 is 1.56 bits per heavy atom. The summed E-state index contributed by atoms with van der Waals surface area (Å²) >= 11 is 0. The third-order valence-electron chi connectivity index (χ3n) is 9.79. The van der Waals surface area contributed by atoms with E-state index in [9.17, 15) is 4.39 Å². The number of benzene rings is 1. The zero-order chi connectivity index (χ0) is 22.2. The number of rotatable bonds is 9. The molecule has 0 N–H and O–H groups in total. The Kier molecular flexibility index (Phi) is 9.54. The minimum Gasteiger partial charge on any atom is -0.251 e. The molecular formula is C31H49F. The van der Waals surface area contributed by atoms with Crippen LogP contribution in [0.5, 0.6) is 0 Å². The monoisotopic (exact) mass is 440 g/mol. The van der Waals surface area contributed by atoms with Gasteiger partial charge in [0.15, 0.2) is 0 Å². The molecule has 0 saturated heterocycles. The Morgan fingerprint density at radius 2 is 1.09 bits per heavy atom. The Labute approximate surface area is 198 Å². The summed E-state index contributed by atoms with van der Waals surface area (Å²) in [7, 11) is 0. The van der Waals surface area contributed by atoms with Gasteiger partial charge in [-0.15, -0.1) is 0 Å². The third-order valence-corrected chi connectivity index (χ3v) is 9.79. The van der Waals surface area contributed by atoms with E-state index in [1.54, 1.807) is 5.56 Å². The second kappa shape index (κ2) is 12.6. The van der Waals surface area contributed by atoms with E-state index in [0.29, 0.717) is 5.92 Å². The van der Waals surface area contributed by atoms with Crippen LogP contribution in [0.25, 0.3) is 0 Å². The summed E-state index contributed by atoms with van der Waals surface area (Å²) in [6, 6.07) is 9.58. The highest BCUT2D eigenvalue weighted by Crippen LogP contribution is 2.44. The molecule has 0 nitrogen and oxygen atoms in total. The molecule has 0 radical (unpaired) electrons. The van der Waals surface area contributed by atoms with Crippen molar-refractivity contribution in [3.05, 3.63) is 35.4 Å². The first-order chi connectivity index (χ1) is 15.7. The molecule has 1 heteroatoms. The van der Waals surface area contributed by atoms with Gasteiger partial charge in [-0.05, 0) is 111 Å². The standard InChI is InChI=1S/C31H49F/c1-2-3-24-6-14-28(15-7-24)29-16-8-25(9-17-29)4-5-26-10-18-30(19-11-26)31-20-12-27(13-21-31)22-23-32/h6-7,14-15,25-27,29-31H,2-5,8-13,16-23H2,1H3/t25-,26?,27-,29-,30?,31-. The fourth-order valence-corrected chi connectivity index (χ4v) is 7.55. The number of halogens is 1. The van der Waals surface area contributed by atoms with Crippen molar-refractivity contribution < 1.29 is 4.39 Å². The number of hydrogen-bond acceptors (Lipinski definition) is 0. The molecule has 3 aliphatic carbocycles. The van der Waals surface area contributed by atoms with Crippen LogP contribution in [0.15, 0.2) is 24.3 Å². The highest BCUT2D eigenvalue weighted by Gasteiger charge is 2.31. The van der Waals surface area contributed by atoms with E-state index in [0.717, 1.165) is 36.0 Å². The van der Waals surface area contributed by atoms with Crippen LogP contribution < -0.4 is 0 Å². The van der Waals surface area contributed by atoms with Crippen molar-refractivity contribution in [3.8, 4) is 0 Å². The lowest BCUT2D eigenvalue weighted by molar-refractivity contribution is 0.135. The normalized spacial score (nSPS) is 33.8. The van der Waals surface area contributed by atoms with Crippen molar-refractivity contribution in [2.45, 2.75) is 122 Å².